The van der Waals surface area contributed by atoms with Gasteiger partial charge in [-0.15, -0.1) is 0 Å². The predicted octanol–water partition coefficient (Wildman–Crippen LogP) is -3.71. The second-order valence-corrected chi connectivity index (χ2v) is 25.1. The number of nitrogens with zero attached hydrogens (tertiary/aromatic N) is 3. The minimum absolute atomic E-state index is 0.0736. The van der Waals surface area contributed by atoms with Gasteiger partial charge in [-0.3, -0.25) is 67.3 Å². The highest BCUT2D eigenvalue weighted by Gasteiger charge is 2.42. The van der Waals surface area contributed by atoms with Crippen molar-refractivity contribution >= 4 is 94.5 Å². The van der Waals surface area contributed by atoms with Crippen LogP contribution in [-0.4, -0.2) is 198 Å². The number of rotatable bonds is 42. The topological polar surface area (TPSA) is 519 Å². The molecular weight excluding hydrogens is 1250 g/mol. The van der Waals surface area contributed by atoms with Gasteiger partial charge < -0.3 is 92.5 Å². The van der Waals surface area contributed by atoms with E-state index in [-0.39, 0.29) is 83.0 Å². The molecule has 0 bridgehead atoms. The van der Waals surface area contributed by atoms with Crippen LogP contribution in [0.4, 0.5) is 0 Å². The largest absolute Gasteiger partial charge is 0.370 e. The van der Waals surface area contributed by atoms with Gasteiger partial charge in [0.25, 0.3) is 0 Å². The molecule has 0 radical (unpaired) electrons. The first-order valence-corrected chi connectivity index (χ1v) is 33.6. The van der Waals surface area contributed by atoms with E-state index in [0.717, 1.165) is 0 Å². The molecule has 2 saturated heterocycles. The normalized spacial score (nSPS) is 16.8. The summed E-state index contributed by atoms with van der Waals surface area (Å²) >= 11 is 1.45. The van der Waals surface area contributed by atoms with E-state index in [1.54, 1.807) is 60.7 Å². The van der Waals surface area contributed by atoms with E-state index < -0.39 is 169 Å². The summed E-state index contributed by atoms with van der Waals surface area (Å²) < 4.78 is 0. The number of guanidine groups is 1. The van der Waals surface area contributed by atoms with Gasteiger partial charge in [0.1, 0.15) is 54.4 Å². The first-order chi connectivity index (χ1) is 45.2. The Hall–Kier alpha value is -8.91. The van der Waals surface area contributed by atoms with Gasteiger partial charge in [-0.25, -0.2) is 0 Å². The first kappa shape index (κ1) is 78.5. The Kier molecular flexibility index (Phi) is 33.9. The first-order valence-electron chi connectivity index (χ1n) is 32.2. The maximum absolute atomic E-state index is 14.7. The van der Waals surface area contributed by atoms with E-state index in [4.69, 9.17) is 40.1 Å². The van der Waals surface area contributed by atoms with Gasteiger partial charge in [-0.1, -0.05) is 74.5 Å². The summed E-state index contributed by atoms with van der Waals surface area (Å²) in [4.78, 5) is 185. The Balaban J connectivity index is 1.56. The minimum Gasteiger partial charge on any atom is -0.370 e. The SMILES string of the molecule is CSCC[C@H](NC(=O)[C@@H](CC(C)C)NC(=O)CNC(=O)[C@H](Cc1ccccc1)NC(=O)[C@@H](Cc1ccccc1)NC(=O)[C@H](CCC(N)=O)NC(=O)[C@H](CCC(N)=O)NC(=O)[C@H]1CCCN1C(=O)[C@@H](CCCCN)NC(=O)[C@@H]1CCCN1C(=O)[C@@H](N)CCCN=C(N)N)C(N)=O. The van der Waals surface area contributed by atoms with E-state index >= 15 is 0 Å². The second-order valence-electron chi connectivity index (χ2n) is 24.1. The lowest BCUT2D eigenvalue weighted by molar-refractivity contribution is -0.144. The van der Waals surface area contributed by atoms with Crippen LogP contribution in [0.25, 0.3) is 0 Å². The third-order valence-electron chi connectivity index (χ3n) is 16.0. The fourth-order valence-corrected chi connectivity index (χ4v) is 11.5. The Morgan fingerprint density at radius 3 is 1.51 bits per heavy atom. The molecule has 22 N–H and O–H groups in total. The monoisotopic (exact) mass is 1350 g/mol. The minimum atomic E-state index is -1.64. The molecule has 524 valence electrons. The Labute approximate surface area is 558 Å². The molecule has 2 aromatic rings. The van der Waals surface area contributed by atoms with Gasteiger partial charge >= 0.3 is 0 Å². The zero-order valence-corrected chi connectivity index (χ0v) is 55.3. The molecule has 0 saturated carbocycles. The number of thioether (sulfide) groups is 1. The van der Waals surface area contributed by atoms with E-state index in [1.165, 1.54) is 21.6 Å². The molecule has 2 aromatic carbocycles. The predicted molar refractivity (Wildman–Crippen MR) is 356 cm³/mol. The number of likely N-dealkylation sites (tertiary alicyclic amines) is 2. The average Bonchev–Trinajstić information content (AvgIpc) is 1.74. The summed E-state index contributed by atoms with van der Waals surface area (Å²) in [5.41, 5.74) is 40.6. The number of hydrogen-bond donors (Lipinski definition) is 15. The summed E-state index contributed by atoms with van der Waals surface area (Å²) in [6, 6.07) is 4.51. The summed E-state index contributed by atoms with van der Waals surface area (Å²) in [5, 5.41) is 21.1. The molecule has 0 aliphatic carbocycles. The molecule has 95 heavy (non-hydrogen) atoms. The quantitative estimate of drug-likeness (QED) is 0.0173. The fourth-order valence-electron chi connectivity index (χ4n) is 11.0. The summed E-state index contributed by atoms with van der Waals surface area (Å²) in [7, 11) is 0. The third-order valence-corrected chi connectivity index (χ3v) is 16.7. The zero-order valence-electron chi connectivity index (χ0n) is 54.5. The lowest BCUT2D eigenvalue weighted by Crippen LogP contribution is -2.60. The molecule has 31 nitrogen and oxygen atoms in total. The lowest BCUT2D eigenvalue weighted by atomic mass is 10.0. The van der Waals surface area contributed by atoms with Crippen LogP contribution in [0.3, 0.4) is 0 Å². The van der Waals surface area contributed by atoms with Crippen LogP contribution in [0.15, 0.2) is 65.7 Å². The molecule has 2 aliphatic heterocycles. The van der Waals surface area contributed by atoms with E-state index in [9.17, 15) is 62.3 Å². The fraction of sp³-hybridized carbons (Fsp3) is 0.587. The molecule has 32 heteroatoms. The van der Waals surface area contributed by atoms with Crippen LogP contribution in [-0.2, 0) is 75.2 Å². The average molecular weight is 1350 g/mol. The van der Waals surface area contributed by atoms with E-state index in [0.29, 0.717) is 55.4 Å². The molecule has 2 heterocycles. The van der Waals surface area contributed by atoms with Crippen molar-refractivity contribution in [2.24, 2.45) is 51.0 Å². The zero-order chi connectivity index (χ0) is 70.1. The van der Waals surface area contributed by atoms with Gasteiger partial charge in [-0.05, 0) is 119 Å². The van der Waals surface area contributed by atoms with Crippen LogP contribution in [0.1, 0.15) is 121 Å². The van der Waals surface area contributed by atoms with Gasteiger partial charge in [-0.2, -0.15) is 11.8 Å². The highest BCUT2D eigenvalue weighted by Crippen LogP contribution is 2.24. The van der Waals surface area contributed by atoms with Crippen molar-refractivity contribution in [1.82, 2.24) is 52.3 Å². The van der Waals surface area contributed by atoms with E-state index in [1.807, 2.05) is 20.1 Å². The van der Waals surface area contributed by atoms with Crippen molar-refractivity contribution in [3.05, 3.63) is 71.8 Å². The molecule has 2 fully saturated rings. The molecule has 0 aromatic heterocycles. The van der Waals surface area contributed by atoms with Crippen molar-refractivity contribution in [2.45, 2.75) is 183 Å². The summed E-state index contributed by atoms with van der Waals surface area (Å²) in [5.74, 6) is -9.80. The third kappa shape index (κ3) is 27.5. The van der Waals surface area contributed by atoms with Crippen molar-refractivity contribution in [2.75, 3.05) is 44.7 Å². The van der Waals surface area contributed by atoms with Crippen LogP contribution in [0.5, 0.6) is 0 Å². The number of amides is 13. The van der Waals surface area contributed by atoms with Crippen molar-refractivity contribution in [3.8, 4) is 0 Å². The second kappa shape index (κ2) is 41.0. The van der Waals surface area contributed by atoms with Gasteiger partial charge in [0.2, 0.25) is 76.8 Å². The Morgan fingerprint density at radius 2 is 1.01 bits per heavy atom. The maximum atomic E-state index is 14.7. The molecular formula is C63H98N18O13S. The molecule has 0 unspecified atom stereocenters. The standard InChI is InChI=1S/C63H98N18O13S/c1-37(2)33-45(57(89)74-41(53(68)85)27-32-95-3)73-52(84)36-72-54(86)46(34-38-15-6-4-7-16-38)78-58(90)47(35-39-17-8-5-9-18-39)79-56(88)42(23-25-50(66)82)75-55(87)43(24-26-51(67)83)76-59(91)49-22-14-31-81(49)62(94)44(20-10-11-28-64)77-60(92)48-21-13-30-80(48)61(93)40(65)19-12-29-71-63(69)70/h4-9,15-18,37,40-49H,10-14,19-36,64-65H2,1-3H3,(H2,66,82)(H2,67,83)(H2,68,85)(H,72,86)(H,73,84)(H,74,89)(H,75,87)(H,76,91)(H,77,92)(H,78,90)(H,79,88)(H4,69,70,71)/t40-,41-,42-,43-,44+,45+,46-,47+,48-,49+/m0/s1. The number of unbranched alkanes of at least 4 members (excludes halogenated alkanes) is 1. The molecule has 2 aliphatic rings. The maximum Gasteiger partial charge on any atom is 0.245 e. The number of nitrogens with two attached hydrogens (primary N) is 7. The smallest absolute Gasteiger partial charge is 0.245 e. The van der Waals surface area contributed by atoms with Gasteiger partial charge in [0.05, 0.1) is 12.6 Å². The molecule has 10 atom stereocenters. The number of primary amides is 3. The number of hydrogen-bond acceptors (Lipinski definition) is 17. The van der Waals surface area contributed by atoms with Crippen LogP contribution in [0, 0.1) is 5.92 Å². The lowest BCUT2D eigenvalue weighted by Gasteiger charge is -2.32. The molecule has 0 spiro atoms. The van der Waals surface area contributed by atoms with Crippen LogP contribution < -0.4 is 82.7 Å². The van der Waals surface area contributed by atoms with E-state index in [2.05, 4.69) is 47.5 Å². The number of aliphatic imine (C=N–C) groups is 1. The number of benzene rings is 2. The molecule has 4 rings (SSSR count). The van der Waals surface area contributed by atoms with Gasteiger partial charge in [0, 0.05) is 45.3 Å². The van der Waals surface area contributed by atoms with Crippen LogP contribution >= 0.6 is 11.8 Å². The summed E-state index contributed by atoms with van der Waals surface area (Å²) in [6.45, 7) is 3.86. The van der Waals surface area contributed by atoms with Gasteiger partial charge in [0.15, 0.2) is 5.96 Å². The highest BCUT2D eigenvalue weighted by molar-refractivity contribution is 7.98. The number of carbonyl (C=O) groups excluding carboxylic acids is 13. The Bertz CT molecular complexity index is 2960. The van der Waals surface area contributed by atoms with Crippen molar-refractivity contribution in [3.63, 3.8) is 0 Å². The number of carbonyl (C=O) groups is 13. The summed E-state index contributed by atoms with van der Waals surface area (Å²) in [6.07, 6.45) is 3.12. The number of nitrogens with one attached hydrogen (secondary N) is 8. The van der Waals surface area contributed by atoms with Crippen LogP contribution in [0.2, 0.25) is 0 Å². The van der Waals surface area contributed by atoms with Crippen molar-refractivity contribution in [1.29, 1.82) is 0 Å². The molecule has 13 amide bonds. The highest BCUT2D eigenvalue weighted by atomic mass is 32.2. The Morgan fingerprint density at radius 1 is 0.537 bits per heavy atom. The van der Waals surface area contributed by atoms with Crippen molar-refractivity contribution < 1.29 is 62.3 Å².